The average Bonchev–Trinajstić information content (AvgIpc) is 4.01. The van der Waals surface area contributed by atoms with E-state index in [1.807, 2.05) is 0 Å². The second kappa shape index (κ2) is 12.7. The summed E-state index contributed by atoms with van der Waals surface area (Å²) in [5.41, 5.74) is 16.2. The molecule has 8 bridgehead atoms. The largest absolute Gasteiger partial charge is 0.354 e. The smallest absolute Gasteiger partial charge is 0.0738 e. The molecule has 4 nitrogen and oxygen atoms in total. The second-order valence-corrected chi connectivity index (χ2v) is 13.2. The molecule has 7 aromatic rings. The molecule has 0 unspecified atom stereocenters. The molecule has 5 heteroatoms. The van der Waals surface area contributed by atoms with E-state index >= 15 is 0 Å². The van der Waals surface area contributed by atoms with Crippen LogP contribution in [0, 0.1) is 0 Å². The van der Waals surface area contributed by atoms with Gasteiger partial charge in [-0.05, 0) is 89.2 Å². The Morgan fingerprint density at radius 3 is 1.10 bits per heavy atom. The van der Waals surface area contributed by atoms with Gasteiger partial charge in [0.1, 0.15) is 0 Å². The zero-order chi connectivity index (χ0) is 33.4. The van der Waals surface area contributed by atoms with Gasteiger partial charge in [-0.3, -0.25) is 0 Å². The Kier molecular flexibility index (Phi) is 7.60. The van der Waals surface area contributed by atoms with Crippen molar-refractivity contribution in [2.45, 2.75) is 4.90 Å². The maximum atomic E-state index is 5.37. The molecule has 2 aliphatic heterocycles. The Morgan fingerprint density at radius 2 is 0.700 bits per heavy atom. The first kappa shape index (κ1) is 29.9. The standard InChI is InChI=1S/C45H32N4S/c1-50-33-19-17-32(18-20-33)45-40-27-25-38(48-40)43(30-13-7-3-8-14-30)36-23-21-34(46-36)42(29-11-5-2-6-12-29)35-22-24-37(47-35)44(31-15-9-4-10-16-31)39-26-28-41(45)49-39/h2-28,46-47H,1H3. The number of nitrogens with one attached hydrogen (secondary N) is 2. The van der Waals surface area contributed by atoms with Gasteiger partial charge in [-0.15, -0.1) is 11.8 Å². The monoisotopic (exact) mass is 660 g/mol. The van der Waals surface area contributed by atoms with Gasteiger partial charge in [-0.25, -0.2) is 9.97 Å². The molecular formula is C45H32N4S. The third-order valence-electron chi connectivity index (χ3n) is 9.32. The number of H-pyrrole nitrogens is 2. The normalized spacial score (nSPS) is 12.0. The Bertz CT molecular complexity index is 2460. The number of fused-ring (bicyclic) bond motifs is 8. The average molecular weight is 661 g/mol. The zero-order valence-electron chi connectivity index (χ0n) is 27.4. The van der Waals surface area contributed by atoms with Crippen molar-refractivity contribution in [1.82, 2.24) is 19.9 Å². The highest BCUT2D eigenvalue weighted by Crippen LogP contribution is 2.38. The third-order valence-corrected chi connectivity index (χ3v) is 10.1. The number of rotatable bonds is 5. The van der Waals surface area contributed by atoms with E-state index in [1.165, 1.54) is 4.90 Å². The molecule has 238 valence electrons. The molecule has 2 N–H and O–H groups in total. The summed E-state index contributed by atoms with van der Waals surface area (Å²) in [5, 5.41) is 0. The number of aromatic nitrogens is 4. The number of aromatic amines is 2. The van der Waals surface area contributed by atoms with E-state index in [1.54, 1.807) is 11.8 Å². The summed E-state index contributed by atoms with van der Waals surface area (Å²) in [5.74, 6) is 0. The van der Waals surface area contributed by atoms with Crippen LogP contribution in [0.4, 0.5) is 0 Å². The quantitative estimate of drug-likeness (QED) is 0.181. The van der Waals surface area contributed by atoms with Crippen molar-refractivity contribution < 1.29 is 0 Å². The fourth-order valence-electron chi connectivity index (χ4n) is 6.99. The molecule has 5 heterocycles. The fraction of sp³-hybridized carbons (Fsp3) is 0.0222. The SMILES string of the molecule is CSc1ccc(-c2c3nc(c(-c4ccccc4)c4ccc([nH]4)c(-c4ccccc4)c4ccc([nH]4)c(-c4ccccc4)c4nc2C=C4)C=C3)cc1. The summed E-state index contributed by atoms with van der Waals surface area (Å²) in [6, 6.07) is 49.0. The minimum Gasteiger partial charge on any atom is -0.354 e. The summed E-state index contributed by atoms with van der Waals surface area (Å²) in [7, 11) is 0. The van der Waals surface area contributed by atoms with Crippen LogP contribution in [0.3, 0.4) is 0 Å². The van der Waals surface area contributed by atoms with Crippen LogP contribution in [-0.2, 0) is 0 Å². The Labute approximate surface area is 295 Å². The first-order chi connectivity index (χ1) is 24.7. The topological polar surface area (TPSA) is 57.4 Å². The molecule has 0 saturated carbocycles. The highest BCUT2D eigenvalue weighted by atomic mass is 32.2. The molecule has 0 aliphatic carbocycles. The van der Waals surface area contributed by atoms with Gasteiger partial charge in [0.05, 0.1) is 22.8 Å². The third kappa shape index (κ3) is 5.38. The minimum absolute atomic E-state index is 0.883. The van der Waals surface area contributed by atoms with Gasteiger partial charge in [0, 0.05) is 49.2 Å². The molecule has 0 atom stereocenters. The maximum absolute atomic E-state index is 5.37. The second-order valence-electron chi connectivity index (χ2n) is 12.3. The number of hydrogen-bond donors (Lipinski definition) is 2. The molecule has 0 fully saturated rings. The van der Waals surface area contributed by atoms with Gasteiger partial charge in [-0.2, -0.15) is 0 Å². The molecule has 0 saturated heterocycles. The summed E-state index contributed by atoms with van der Waals surface area (Å²) < 4.78 is 0. The predicted octanol–water partition coefficient (Wildman–Crippen LogP) is 12.0. The van der Waals surface area contributed by atoms with Crippen molar-refractivity contribution in [1.29, 1.82) is 0 Å². The lowest BCUT2D eigenvalue weighted by molar-refractivity contribution is 1.27. The van der Waals surface area contributed by atoms with Gasteiger partial charge in [0.2, 0.25) is 0 Å². The van der Waals surface area contributed by atoms with Crippen molar-refractivity contribution in [2.24, 2.45) is 0 Å². The van der Waals surface area contributed by atoms with E-state index in [2.05, 4.69) is 180 Å². The zero-order valence-corrected chi connectivity index (χ0v) is 28.2. The molecule has 4 aromatic carbocycles. The fourth-order valence-corrected chi connectivity index (χ4v) is 7.40. The first-order valence-corrected chi connectivity index (χ1v) is 17.9. The highest BCUT2D eigenvalue weighted by molar-refractivity contribution is 7.98. The van der Waals surface area contributed by atoms with E-state index in [0.29, 0.717) is 0 Å². The molecule has 50 heavy (non-hydrogen) atoms. The van der Waals surface area contributed by atoms with Gasteiger partial charge in [0.25, 0.3) is 0 Å². The molecule has 0 spiro atoms. The maximum Gasteiger partial charge on any atom is 0.0738 e. The Balaban J connectivity index is 1.47. The number of benzene rings is 4. The van der Waals surface area contributed by atoms with Crippen molar-refractivity contribution in [3.63, 3.8) is 0 Å². The van der Waals surface area contributed by atoms with Gasteiger partial charge < -0.3 is 9.97 Å². The molecule has 3 aromatic heterocycles. The van der Waals surface area contributed by atoms with Crippen molar-refractivity contribution in [3.05, 3.63) is 162 Å². The van der Waals surface area contributed by atoms with E-state index in [0.717, 1.165) is 89.4 Å². The first-order valence-electron chi connectivity index (χ1n) is 16.7. The predicted molar refractivity (Wildman–Crippen MR) is 212 cm³/mol. The van der Waals surface area contributed by atoms with Crippen LogP contribution in [0.2, 0.25) is 0 Å². The number of thioether (sulfide) groups is 1. The van der Waals surface area contributed by atoms with Gasteiger partial charge >= 0.3 is 0 Å². The van der Waals surface area contributed by atoms with Crippen LogP contribution in [0.25, 0.3) is 90.9 Å². The minimum atomic E-state index is 0.883. The number of nitrogens with zero attached hydrogens (tertiary/aromatic N) is 2. The van der Waals surface area contributed by atoms with Crippen molar-refractivity contribution in [3.8, 4) is 44.5 Å². The molecule has 0 amide bonds. The van der Waals surface area contributed by atoms with E-state index in [4.69, 9.17) is 9.97 Å². The Morgan fingerprint density at radius 1 is 0.360 bits per heavy atom. The summed E-state index contributed by atoms with van der Waals surface area (Å²) in [4.78, 5) is 19.6. The lowest BCUT2D eigenvalue weighted by Gasteiger charge is -2.07. The van der Waals surface area contributed by atoms with E-state index in [-0.39, 0.29) is 0 Å². The van der Waals surface area contributed by atoms with Crippen LogP contribution >= 0.6 is 11.8 Å². The molecule has 9 rings (SSSR count). The lowest BCUT2D eigenvalue weighted by Crippen LogP contribution is -1.91. The van der Waals surface area contributed by atoms with Crippen molar-refractivity contribution in [2.75, 3.05) is 6.26 Å². The van der Waals surface area contributed by atoms with Crippen LogP contribution in [-0.4, -0.2) is 26.2 Å². The summed E-state index contributed by atoms with van der Waals surface area (Å²) in [6.07, 6.45) is 10.6. The van der Waals surface area contributed by atoms with Crippen LogP contribution in [0.15, 0.2) is 144 Å². The van der Waals surface area contributed by atoms with Crippen molar-refractivity contribution >= 4 is 58.1 Å². The summed E-state index contributed by atoms with van der Waals surface area (Å²) >= 11 is 1.74. The highest BCUT2D eigenvalue weighted by Gasteiger charge is 2.19. The van der Waals surface area contributed by atoms with Gasteiger partial charge in [0.15, 0.2) is 0 Å². The van der Waals surface area contributed by atoms with Crippen LogP contribution in [0.1, 0.15) is 22.8 Å². The Hall–Kier alpha value is -6.17. The van der Waals surface area contributed by atoms with E-state index < -0.39 is 0 Å². The number of hydrogen-bond acceptors (Lipinski definition) is 3. The van der Waals surface area contributed by atoms with E-state index in [9.17, 15) is 0 Å². The van der Waals surface area contributed by atoms with Crippen LogP contribution in [0.5, 0.6) is 0 Å². The lowest BCUT2D eigenvalue weighted by atomic mass is 10.0. The molecule has 2 aliphatic rings. The summed E-state index contributed by atoms with van der Waals surface area (Å²) in [6.45, 7) is 0. The molecule has 0 radical (unpaired) electrons. The molecular weight excluding hydrogens is 629 g/mol. The van der Waals surface area contributed by atoms with Crippen LogP contribution < -0.4 is 0 Å². The van der Waals surface area contributed by atoms with Gasteiger partial charge in [-0.1, -0.05) is 103 Å².